The van der Waals surface area contributed by atoms with Gasteiger partial charge in [0.25, 0.3) is 0 Å². The number of piperazine rings is 1. The lowest BCUT2D eigenvalue weighted by Gasteiger charge is -2.36. The molecule has 3 rings (SSSR count). The highest BCUT2D eigenvalue weighted by Crippen LogP contribution is 2.21. The molecule has 1 aliphatic rings. The lowest BCUT2D eigenvalue weighted by atomic mass is 10.1. The quantitative estimate of drug-likeness (QED) is 0.727. The number of nitrogens with zero attached hydrogens (tertiary/aromatic N) is 5. The first-order chi connectivity index (χ1) is 14.2. The van der Waals surface area contributed by atoms with Crippen LogP contribution in [-0.4, -0.2) is 65.4 Å². The van der Waals surface area contributed by atoms with E-state index in [0.29, 0.717) is 12.5 Å². The number of carbonyl (C=O) groups is 1. The number of anilines is 1. The zero-order valence-electron chi connectivity index (χ0n) is 18.6. The van der Waals surface area contributed by atoms with Gasteiger partial charge >= 0.3 is 0 Å². The molecule has 0 unspecified atom stereocenters. The van der Waals surface area contributed by atoms with E-state index >= 15 is 0 Å². The number of aromatic nitrogens is 2. The molecule has 1 aromatic carbocycles. The molecule has 2 aromatic rings. The summed E-state index contributed by atoms with van der Waals surface area (Å²) in [6, 6.07) is 8.27. The van der Waals surface area contributed by atoms with Crippen LogP contribution in [-0.2, 0) is 4.79 Å². The van der Waals surface area contributed by atoms with Gasteiger partial charge in [-0.1, -0.05) is 26.0 Å². The maximum Gasteiger partial charge on any atom is 0.236 e. The summed E-state index contributed by atoms with van der Waals surface area (Å²) in [5, 5.41) is 0. The summed E-state index contributed by atoms with van der Waals surface area (Å²) < 4.78 is 13.2. The van der Waals surface area contributed by atoms with Gasteiger partial charge in [-0.3, -0.25) is 9.69 Å². The van der Waals surface area contributed by atoms with Crippen molar-refractivity contribution >= 4 is 11.7 Å². The highest BCUT2D eigenvalue weighted by Gasteiger charge is 2.24. The van der Waals surface area contributed by atoms with Gasteiger partial charge in [0.05, 0.1) is 12.6 Å². The standard InChI is InChI=1S/C23H32FN5O/c1-16(2)23-25-17(3)14-21(26-23)29-12-10-28(11-13-29)15-22(30)27(5)18(4)19-6-8-20(24)9-7-19/h6-9,14,16,18H,10-13,15H2,1-5H3/t18-/m0/s1. The summed E-state index contributed by atoms with van der Waals surface area (Å²) in [7, 11) is 1.81. The minimum atomic E-state index is -0.266. The molecule has 0 N–H and O–H groups in total. The molecule has 2 heterocycles. The molecular formula is C23H32FN5O. The summed E-state index contributed by atoms with van der Waals surface area (Å²) in [5.74, 6) is 1.94. The number of rotatable bonds is 6. The Hall–Kier alpha value is -2.54. The monoisotopic (exact) mass is 413 g/mol. The summed E-state index contributed by atoms with van der Waals surface area (Å²) in [6.45, 7) is 11.8. The van der Waals surface area contributed by atoms with E-state index in [1.165, 1.54) is 12.1 Å². The van der Waals surface area contributed by atoms with Crippen LogP contribution in [0.25, 0.3) is 0 Å². The number of carbonyl (C=O) groups excluding carboxylic acids is 1. The van der Waals surface area contributed by atoms with Crippen LogP contribution in [0, 0.1) is 12.7 Å². The fourth-order valence-electron chi connectivity index (χ4n) is 3.61. The van der Waals surface area contributed by atoms with Gasteiger partial charge in [0.1, 0.15) is 17.5 Å². The third kappa shape index (κ3) is 5.33. The Morgan fingerprint density at radius 1 is 1.10 bits per heavy atom. The number of hydrogen-bond donors (Lipinski definition) is 0. The maximum absolute atomic E-state index is 13.2. The van der Waals surface area contributed by atoms with Crippen LogP contribution in [0.3, 0.4) is 0 Å². The molecule has 1 fully saturated rings. The molecule has 1 atom stereocenters. The number of hydrogen-bond acceptors (Lipinski definition) is 5. The van der Waals surface area contributed by atoms with Crippen LogP contribution in [0.5, 0.6) is 0 Å². The third-order valence-electron chi connectivity index (χ3n) is 5.76. The van der Waals surface area contributed by atoms with E-state index in [9.17, 15) is 9.18 Å². The highest BCUT2D eigenvalue weighted by molar-refractivity contribution is 5.78. The van der Waals surface area contributed by atoms with Crippen molar-refractivity contribution < 1.29 is 9.18 Å². The van der Waals surface area contributed by atoms with Crippen LogP contribution in [0.2, 0.25) is 0 Å². The molecule has 0 aliphatic carbocycles. The first kappa shape index (κ1) is 22.2. The van der Waals surface area contributed by atoms with Crippen LogP contribution in [0.15, 0.2) is 30.3 Å². The molecule has 30 heavy (non-hydrogen) atoms. The highest BCUT2D eigenvalue weighted by atomic mass is 19.1. The zero-order valence-corrected chi connectivity index (χ0v) is 18.6. The zero-order chi connectivity index (χ0) is 21.8. The lowest BCUT2D eigenvalue weighted by Crippen LogP contribution is -2.50. The molecule has 6 nitrogen and oxygen atoms in total. The molecule has 0 spiro atoms. The second kappa shape index (κ2) is 9.51. The van der Waals surface area contributed by atoms with Crippen molar-refractivity contribution in [2.45, 2.75) is 39.7 Å². The second-order valence-electron chi connectivity index (χ2n) is 8.38. The van der Waals surface area contributed by atoms with Crippen molar-refractivity contribution in [1.29, 1.82) is 0 Å². The van der Waals surface area contributed by atoms with Gasteiger partial charge in [0.15, 0.2) is 0 Å². The normalized spacial score (nSPS) is 16.0. The minimum Gasteiger partial charge on any atom is -0.354 e. The summed E-state index contributed by atoms with van der Waals surface area (Å²) >= 11 is 0. The summed E-state index contributed by atoms with van der Waals surface area (Å²) in [5.41, 5.74) is 1.91. The SMILES string of the molecule is Cc1cc(N2CCN(CC(=O)N(C)[C@@H](C)c3ccc(F)cc3)CC2)nc(C(C)C)n1. The molecule has 1 aliphatic heterocycles. The predicted molar refractivity (Wildman–Crippen MR) is 117 cm³/mol. The molecule has 0 radical (unpaired) electrons. The molecule has 1 aromatic heterocycles. The van der Waals surface area contributed by atoms with Crippen molar-refractivity contribution in [1.82, 2.24) is 19.8 Å². The Balaban J connectivity index is 1.55. The Morgan fingerprint density at radius 3 is 2.33 bits per heavy atom. The van der Waals surface area contributed by atoms with Gasteiger partial charge in [-0.25, -0.2) is 14.4 Å². The Labute approximate surface area is 178 Å². The number of benzene rings is 1. The fraction of sp³-hybridized carbons (Fsp3) is 0.522. The minimum absolute atomic E-state index is 0.0697. The average molecular weight is 414 g/mol. The van der Waals surface area contributed by atoms with Crippen molar-refractivity contribution in [3.05, 3.63) is 53.2 Å². The molecule has 1 amide bonds. The van der Waals surface area contributed by atoms with Crippen LogP contribution < -0.4 is 4.90 Å². The summed E-state index contributed by atoms with van der Waals surface area (Å²) in [6.07, 6.45) is 0. The lowest BCUT2D eigenvalue weighted by molar-refractivity contribution is -0.133. The van der Waals surface area contributed by atoms with Gasteiger partial charge in [-0.15, -0.1) is 0 Å². The molecule has 162 valence electrons. The number of amides is 1. The molecular weight excluding hydrogens is 381 g/mol. The summed E-state index contributed by atoms with van der Waals surface area (Å²) in [4.78, 5) is 28.2. The Bertz CT molecular complexity index is 862. The molecule has 7 heteroatoms. The van der Waals surface area contributed by atoms with Gasteiger partial charge < -0.3 is 9.80 Å². The smallest absolute Gasteiger partial charge is 0.236 e. The third-order valence-corrected chi connectivity index (χ3v) is 5.76. The molecule has 0 bridgehead atoms. The van der Waals surface area contributed by atoms with E-state index in [2.05, 4.69) is 28.6 Å². The van der Waals surface area contributed by atoms with Gasteiger partial charge in [0.2, 0.25) is 5.91 Å². The van der Waals surface area contributed by atoms with Crippen molar-refractivity contribution in [2.75, 3.05) is 44.7 Å². The van der Waals surface area contributed by atoms with Crippen LogP contribution in [0.4, 0.5) is 10.2 Å². The number of likely N-dealkylation sites (N-methyl/N-ethyl adjacent to an activating group) is 1. The van der Waals surface area contributed by atoms with Crippen LogP contribution in [0.1, 0.15) is 49.8 Å². The number of aryl methyl sites for hydroxylation is 1. The molecule has 0 saturated carbocycles. The van der Waals surface area contributed by atoms with Crippen LogP contribution >= 0.6 is 0 Å². The largest absolute Gasteiger partial charge is 0.354 e. The number of halogens is 1. The van der Waals surface area contributed by atoms with E-state index in [0.717, 1.165) is 49.1 Å². The first-order valence-electron chi connectivity index (χ1n) is 10.6. The second-order valence-corrected chi connectivity index (χ2v) is 8.38. The Morgan fingerprint density at radius 2 is 1.73 bits per heavy atom. The average Bonchev–Trinajstić information content (AvgIpc) is 2.73. The van der Waals surface area contributed by atoms with Crippen molar-refractivity contribution in [3.8, 4) is 0 Å². The van der Waals surface area contributed by atoms with E-state index in [4.69, 9.17) is 4.98 Å². The van der Waals surface area contributed by atoms with E-state index in [-0.39, 0.29) is 17.8 Å². The van der Waals surface area contributed by atoms with Crippen molar-refractivity contribution in [2.24, 2.45) is 0 Å². The molecule has 1 saturated heterocycles. The topological polar surface area (TPSA) is 52.6 Å². The van der Waals surface area contributed by atoms with E-state index in [1.807, 2.05) is 27.0 Å². The van der Waals surface area contributed by atoms with E-state index < -0.39 is 0 Å². The van der Waals surface area contributed by atoms with Gasteiger partial charge in [0, 0.05) is 50.9 Å². The predicted octanol–water partition coefficient (Wildman–Crippen LogP) is 3.39. The van der Waals surface area contributed by atoms with Gasteiger partial charge in [-0.05, 0) is 31.5 Å². The maximum atomic E-state index is 13.2. The Kier molecular flexibility index (Phi) is 7.02. The van der Waals surface area contributed by atoms with Gasteiger partial charge in [-0.2, -0.15) is 0 Å². The van der Waals surface area contributed by atoms with E-state index in [1.54, 1.807) is 17.0 Å². The fourth-order valence-corrected chi connectivity index (χ4v) is 3.61. The van der Waals surface area contributed by atoms with Crippen molar-refractivity contribution in [3.63, 3.8) is 0 Å². The first-order valence-corrected chi connectivity index (χ1v) is 10.6.